The number of primary amides is 1. The van der Waals surface area contributed by atoms with E-state index in [9.17, 15) is 18.4 Å². The average molecular weight is 535 g/mol. The fourth-order valence-electron chi connectivity index (χ4n) is 4.63. The predicted octanol–water partition coefficient (Wildman–Crippen LogP) is 6.88. The topological polar surface area (TPSA) is 76.5 Å². The van der Waals surface area contributed by atoms with E-state index < -0.39 is 11.8 Å². The largest absolute Gasteiger partial charge is 0.460 e. The Morgan fingerprint density at radius 2 is 1.58 bits per heavy atom. The molecule has 0 spiro atoms. The van der Waals surface area contributed by atoms with Gasteiger partial charge in [-0.2, -0.15) is 0 Å². The van der Waals surface area contributed by atoms with Gasteiger partial charge < -0.3 is 15.1 Å². The molecule has 0 saturated carbocycles. The molecular formula is C30H25ClF2N2O3. The van der Waals surface area contributed by atoms with Gasteiger partial charge in [-0.05, 0) is 59.2 Å². The van der Waals surface area contributed by atoms with E-state index in [0.29, 0.717) is 21.9 Å². The minimum absolute atomic E-state index is 0.0414. The van der Waals surface area contributed by atoms with Crippen LogP contribution in [0.4, 0.5) is 8.78 Å². The molecule has 38 heavy (non-hydrogen) atoms. The molecule has 2 amide bonds. The number of alkyl halides is 2. The molecule has 5 rings (SSSR count). The number of nitrogens with zero attached hydrogens (tertiary/aromatic N) is 1. The van der Waals surface area contributed by atoms with Gasteiger partial charge in [0.1, 0.15) is 11.3 Å². The Balaban J connectivity index is 1.49. The molecule has 0 radical (unpaired) electrons. The molecule has 1 aliphatic rings. The van der Waals surface area contributed by atoms with Crippen molar-refractivity contribution in [2.45, 2.75) is 25.2 Å². The third-order valence-corrected chi connectivity index (χ3v) is 7.06. The number of nitrogens with two attached hydrogens (primary N) is 1. The highest BCUT2D eigenvalue weighted by molar-refractivity contribution is 6.30. The van der Waals surface area contributed by atoms with Gasteiger partial charge in [0.05, 0.1) is 0 Å². The number of furan rings is 1. The van der Waals surface area contributed by atoms with Gasteiger partial charge in [0.25, 0.3) is 11.8 Å². The minimum Gasteiger partial charge on any atom is -0.460 e. The first-order chi connectivity index (χ1) is 18.1. The van der Waals surface area contributed by atoms with E-state index in [1.165, 1.54) is 4.90 Å². The molecule has 5 nitrogen and oxygen atoms in total. The first kappa shape index (κ1) is 25.7. The van der Waals surface area contributed by atoms with Crippen LogP contribution < -0.4 is 5.73 Å². The van der Waals surface area contributed by atoms with Crippen LogP contribution in [-0.2, 0) is 11.2 Å². The number of benzene rings is 3. The smallest absolute Gasteiger partial charge is 0.253 e. The van der Waals surface area contributed by atoms with Crippen molar-refractivity contribution in [3.05, 3.63) is 95.2 Å². The zero-order chi connectivity index (χ0) is 27.0. The lowest BCUT2D eigenvalue weighted by Gasteiger charge is -2.31. The maximum absolute atomic E-state index is 13.5. The van der Waals surface area contributed by atoms with Crippen LogP contribution in [-0.4, -0.2) is 35.7 Å². The van der Waals surface area contributed by atoms with E-state index in [1.807, 2.05) is 42.5 Å². The molecule has 2 N–H and O–H groups in total. The van der Waals surface area contributed by atoms with Gasteiger partial charge in [0, 0.05) is 59.5 Å². The molecule has 1 saturated heterocycles. The second-order valence-corrected chi connectivity index (χ2v) is 9.97. The summed E-state index contributed by atoms with van der Waals surface area (Å²) in [5.41, 5.74) is 10.2. The van der Waals surface area contributed by atoms with E-state index in [1.54, 1.807) is 24.3 Å². The molecule has 1 fully saturated rings. The molecular weight excluding hydrogens is 510 g/mol. The third kappa shape index (κ3) is 5.34. The third-order valence-electron chi connectivity index (χ3n) is 6.81. The van der Waals surface area contributed by atoms with E-state index in [-0.39, 0.29) is 43.8 Å². The molecule has 8 heteroatoms. The van der Waals surface area contributed by atoms with Crippen molar-refractivity contribution >= 4 is 34.4 Å². The highest BCUT2D eigenvalue weighted by atomic mass is 35.5. The molecule has 3 aromatic carbocycles. The number of fused-ring (bicyclic) bond motifs is 1. The van der Waals surface area contributed by atoms with E-state index >= 15 is 0 Å². The number of piperidine rings is 1. The lowest BCUT2D eigenvalue weighted by Crippen LogP contribution is -2.42. The number of hydrogen-bond acceptors (Lipinski definition) is 3. The molecule has 0 atom stereocenters. The number of amides is 2. The van der Waals surface area contributed by atoms with E-state index in [2.05, 4.69) is 6.58 Å². The Bertz CT molecular complexity index is 1530. The van der Waals surface area contributed by atoms with Crippen molar-refractivity contribution in [3.8, 4) is 22.3 Å². The van der Waals surface area contributed by atoms with Crippen LogP contribution in [0.5, 0.6) is 0 Å². The number of carbonyl (C=O) groups is 2. The SMILES string of the molecule is C=C(Cc1cc2cc(-c3ccc(C(=O)N4CCC(F)(F)CC4)cc3)cc(-c3ccc(Cl)cc3)c2o1)C(N)=O. The van der Waals surface area contributed by atoms with Crippen molar-refractivity contribution in [1.82, 2.24) is 4.90 Å². The van der Waals surface area contributed by atoms with Crippen LogP contribution in [0.25, 0.3) is 33.2 Å². The van der Waals surface area contributed by atoms with Gasteiger partial charge >= 0.3 is 0 Å². The molecule has 0 aliphatic carbocycles. The fourth-order valence-corrected chi connectivity index (χ4v) is 4.75. The van der Waals surface area contributed by atoms with Gasteiger partial charge in [0.15, 0.2) is 0 Å². The van der Waals surface area contributed by atoms with Crippen molar-refractivity contribution in [2.75, 3.05) is 13.1 Å². The number of rotatable bonds is 6. The number of carbonyl (C=O) groups excluding carboxylic acids is 2. The lowest BCUT2D eigenvalue weighted by atomic mass is 9.96. The average Bonchev–Trinajstić information content (AvgIpc) is 3.30. The highest BCUT2D eigenvalue weighted by Crippen LogP contribution is 2.37. The summed E-state index contributed by atoms with van der Waals surface area (Å²) in [6.45, 7) is 3.80. The van der Waals surface area contributed by atoms with Crippen LogP contribution >= 0.6 is 11.6 Å². The summed E-state index contributed by atoms with van der Waals surface area (Å²) in [6.07, 6.45) is -0.438. The standard InChI is InChI=1S/C30H25ClF2N2O3/c1-18(28(34)36)14-25-16-23-15-22(17-26(27(23)38-25)20-6-8-24(31)9-7-20)19-2-4-21(5-3-19)29(37)35-12-10-30(32,33)11-13-35/h2-9,15-17H,1,10-14H2,(H2,34,36). The monoisotopic (exact) mass is 534 g/mol. The van der Waals surface area contributed by atoms with Crippen LogP contribution in [0, 0.1) is 0 Å². The summed E-state index contributed by atoms with van der Waals surface area (Å²) in [7, 11) is 0. The van der Waals surface area contributed by atoms with Crippen molar-refractivity contribution < 1.29 is 22.8 Å². The summed E-state index contributed by atoms with van der Waals surface area (Å²) in [5.74, 6) is -2.99. The number of likely N-dealkylation sites (tertiary alicyclic amines) is 1. The summed E-state index contributed by atoms with van der Waals surface area (Å²) in [4.78, 5) is 25.8. The minimum atomic E-state index is -2.71. The summed E-state index contributed by atoms with van der Waals surface area (Å²) in [5, 5.41) is 1.44. The van der Waals surface area contributed by atoms with Crippen molar-refractivity contribution in [3.63, 3.8) is 0 Å². The van der Waals surface area contributed by atoms with Crippen molar-refractivity contribution in [1.29, 1.82) is 0 Å². The maximum Gasteiger partial charge on any atom is 0.253 e. The summed E-state index contributed by atoms with van der Waals surface area (Å²) in [6, 6.07) is 20.3. The lowest BCUT2D eigenvalue weighted by molar-refractivity contribution is -0.114. The zero-order valence-electron chi connectivity index (χ0n) is 20.5. The first-order valence-electron chi connectivity index (χ1n) is 12.2. The fraction of sp³-hybridized carbons (Fsp3) is 0.200. The van der Waals surface area contributed by atoms with Crippen LogP contribution in [0.3, 0.4) is 0 Å². The van der Waals surface area contributed by atoms with Gasteiger partial charge in [-0.15, -0.1) is 0 Å². The molecule has 2 heterocycles. The molecule has 0 bridgehead atoms. The zero-order valence-corrected chi connectivity index (χ0v) is 21.2. The first-order valence-corrected chi connectivity index (χ1v) is 12.5. The van der Waals surface area contributed by atoms with Crippen LogP contribution in [0.1, 0.15) is 29.0 Å². The second-order valence-electron chi connectivity index (χ2n) is 9.53. The maximum atomic E-state index is 13.5. The second kappa shape index (κ2) is 10.1. The van der Waals surface area contributed by atoms with E-state index in [0.717, 1.165) is 27.6 Å². The van der Waals surface area contributed by atoms with Crippen molar-refractivity contribution in [2.24, 2.45) is 5.73 Å². The predicted molar refractivity (Wildman–Crippen MR) is 144 cm³/mol. The Hall–Kier alpha value is -3.97. The highest BCUT2D eigenvalue weighted by Gasteiger charge is 2.35. The number of hydrogen-bond donors (Lipinski definition) is 1. The van der Waals surface area contributed by atoms with E-state index in [4.69, 9.17) is 21.8 Å². The van der Waals surface area contributed by atoms with Crippen LogP contribution in [0.15, 0.2) is 83.3 Å². The van der Waals surface area contributed by atoms with Gasteiger partial charge in [-0.3, -0.25) is 9.59 Å². The summed E-state index contributed by atoms with van der Waals surface area (Å²) < 4.78 is 33.1. The normalized spacial score (nSPS) is 15.0. The molecule has 4 aromatic rings. The molecule has 194 valence electrons. The number of halogens is 3. The van der Waals surface area contributed by atoms with Gasteiger partial charge in [0.2, 0.25) is 5.91 Å². The van der Waals surface area contributed by atoms with Gasteiger partial charge in [-0.1, -0.05) is 42.4 Å². The quantitative estimate of drug-likeness (QED) is 0.274. The Labute approximate surface area is 223 Å². The Morgan fingerprint density at radius 1 is 0.947 bits per heavy atom. The molecule has 1 aromatic heterocycles. The Kier molecular flexibility index (Phi) is 6.80. The van der Waals surface area contributed by atoms with Gasteiger partial charge in [-0.25, -0.2) is 8.78 Å². The van der Waals surface area contributed by atoms with Crippen LogP contribution in [0.2, 0.25) is 5.02 Å². The molecule has 0 unspecified atom stereocenters. The Morgan fingerprint density at radius 3 is 2.21 bits per heavy atom. The summed E-state index contributed by atoms with van der Waals surface area (Å²) >= 11 is 6.10. The molecule has 1 aliphatic heterocycles.